The van der Waals surface area contributed by atoms with Gasteiger partial charge in [-0.3, -0.25) is 4.99 Å². The molecule has 1 fully saturated rings. The van der Waals surface area contributed by atoms with E-state index < -0.39 is 0 Å². The van der Waals surface area contributed by atoms with E-state index in [1.807, 2.05) is 0 Å². The third-order valence-corrected chi connectivity index (χ3v) is 3.46. The molecule has 0 atom stereocenters. The molecule has 0 amide bonds. The van der Waals surface area contributed by atoms with Crippen LogP contribution >= 0.6 is 24.0 Å². The zero-order valence-corrected chi connectivity index (χ0v) is 14.2. The van der Waals surface area contributed by atoms with Crippen LogP contribution in [0.2, 0.25) is 0 Å². The molecule has 5 heteroatoms. The van der Waals surface area contributed by atoms with Crippen LogP contribution < -0.4 is 11.1 Å². The van der Waals surface area contributed by atoms with Crippen molar-refractivity contribution in [1.82, 2.24) is 5.32 Å². The van der Waals surface area contributed by atoms with Crippen LogP contribution in [-0.4, -0.2) is 32.8 Å². The summed E-state index contributed by atoms with van der Waals surface area (Å²) in [5.41, 5.74) is 6.00. The monoisotopic (exact) mass is 369 g/mol. The normalized spacial score (nSPS) is 16.9. The van der Waals surface area contributed by atoms with E-state index >= 15 is 0 Å². The zero-order chi connectivity index (χ0) is 12.7. The van der Waals surface area contributed by atoms with Crippen molar-refractivity contribution in [3.63, 3.8) is 0 Å². The SMILES string of the molecule is COCCC(C)(C)CN=C(N)NCC1CCC1.I. The molecule has 1 rings (SSSR count). The average Bonchev–Trinajstić information content (AvgIpc) is 2.22. The highest BCUT2D eigenvalue weighted by Crippen LogP contribution is 2.25. The number of nitrogens with zero attached hydrogens (tertiary/aromatic N) is 1. The molecule has 0 aliphatic heterocycles. The van der Waals surface area contributed by atoms with Crippen molar-refractivity contribution >= 4 is 29.9 Å². The van der Waals surface area contributed by atoms with Crippen molar-refractivity contribution in [3.05, 3.63) is 0 Å². The Labute approximate surface area is 128 Å². The summed E-state index contributed by atoms with van der Waals surface area (Å²) in [4.78, 5) is 4.41. The molecular formula is C13H28IN3O. The van der Waals surface area contributed by atoms with Gasteiger partial charge in [-0.05, 0) is 30.6 Å². The Bertz CT molecular complexity index is 253. The smallest absolute Gasteiger partial charge is 0.188 e. The number of ether oxygens (including phenoxy) is 1. The average molecular weight is 369 g/mol. The van der Waals surface area contributed by atoms with Gasteiger partial charge < -0.3 is 15.8 Å². The summed E-state index contributed by atoms with van der Waals surface area (Å²) in [6, 6.07) is 0. The summed E-state index contributed by atoms with van der Waals surface area (Å²) >= 11 is 0. The van der Waals surface area contributed by atoms with Gasteiger partial charge in [-0.2, -0.15) is 0 Å². The summed E-state index contributed by atoms with van der Waals surface area (Å²) < 4.78 is 5.09. The first kappa shape index (κ1) is 18.0. The van der Waals surface area contributed by atoms with Crippen LogP contribution in [0.1, 0.15) is 39.5 Å². The fourth-order valence-electron chi connectivity index (χ4n) is 1.76. The molecule has 0 aromatic heterocycles. The molecule has 1 aliphatic carbocycles. The van der Waals surface area contributed by atoms with Gasteiger partial charge in [-0.25, -0.2) is 0 Å². The lowest BCUT2D eigenvalue weighted by atomic mass is 9.85. The highest BCUT2D eigenvalue weighted by Gasteiger charge is 2.18. The number of guanidine groups is 1. The number of halogens is 1. The van der Waals surface area contributed by atoms with E-state index in [4.69, 9.17) is 10.5 Å². The lowest BCUT2D eigenvalue weighted by Gasteiger charge is -2.26. The number of methoxy groups -OCH3 is 1. The Hall–Kier alpha value is -0.0400. The topological polar surface area (TPSA) is 59.6 Å². The molecule has 0 unspecified atom stereocenters. The Morgan fingerprint density at radius 2 is 2.11 bits per heavy atom. The molecule has 0 spiro atoms. The van der Waals surface area contributed by atoms with Gasteiger partial charge in [0.15, 0.2) is 5.96 Å². The number of hydrogen-bond acceptors (Lipinski definition) is 2. The molecule has 0 aromatic carbocycles. The van der Waals surface area contributed by atoms with E-state index in [2.05, 4.69) is 24.2 Å². The van der Waals surface area contributed by atoms with Gasteiger partial charge in [0, 0.05) is 26.8 Å². The maximum absolute atomic E-state index is 5.84. The van der Waals surface area contributed by atoms with E-state index in [1.165, 1.54) is 19.3 Å². The Morgan fingerprint density at radius 3 is 2.61 bits per heavy atom. The van der Waals surface area contributed by atoms with Crippen molar-refractivity contribution in [1.29, 1.82) is 0 Å². The highest BCUT2D eigenvalue weighted by molar-refractivity contribution is 14.0. The van der Waals surface area contributed by atoms with Crippen molar-refractivity contribution in [2.24, 2.45) is 22.1 Å². The van der Waals surface area contributed by atoms with E-state index in [1.54, 1.807) is 7.11 Å². The highest BCUT2D eigenvalue weighted by atomic mass is 127. The predicted molar refractivity (Wildman–Crippen MR) is 87.5 cm³/mol. The summed E-state index contributed by atoms with van der Waals surface area (Å²) in [7, 11) is 1.73. The first-order chi connectivity index (χ1) is 8.03. The lowest BCUT2D eigenvalue weighted by Crippen LogP contribution is -2.38. The first-order valence-corrected chi connectivity index (χ1v) is 6.56. The summed E-state index contributed by atoms with van der Waals surface area (Å²) in [6.07, 6.45) is 5.04. The van der Waals surface area contributed by atoms with Gasteiger partial charge >= 0.3 is 0 Å². The maximum atomic E-state index is 5.84. The third kappa shape index (κ3) is 7.41. The van der Waals surface area contributed by atoms with Crippen LogP contribution in [-0.2, 0) is 4.74 Å². The van der Waals surface area contributed by atoms with Crippen molar-refractivity contribution < 1.29 is 4.74 Å². The van der Waals surface area contributed by atoms with Gasteiger partial charge in [0.1, 0.15) is 0 Å². The van der Waals surface area contributed by atoms with Crippen molar-refractivity contribution in [2.45, 2.75) is 39.5 Å². The quantitative estimate of drug-likeness (QED) is 0.412. The van der Waals surface area contributed by atoms with Crippen molar-refractivity contribution in [3.8, 4) is 0 Å². The molecule has 18 heavy (non-hydrogen) atoms. The summed E-state index contributed by atoms with van der Waals surface area (Å²) in [5, 5.41) is 3.21. The Morgan fingerprint density at radius 1 is 1.44 bits per heavy atom. The van der Waals surface area contributed by atoms with Crippen molar-refractivity contribution in [2.75, 3.05) is 26.8 Å². The van der Waals surface area contributed by atoms with Crippen LogP contribution in [0.15, 0.2) is 4.99 Å². The fraction of sp³-hybridized carbons (Fsp3) is 0.923. The van der Waals surface area contributed by atoms with Crippen LogP contribution in [0.4, 0.5) is 0 Å². The van der Waals surface area contributed by atoms with E-state index in [-0.39, 0.29) is 29.4 Å². The van der Waals surface area contributed by atoms with Crippen LogP contribution in [0.3, 0.4) is 0 Å². The fourth-order valence-corrected chi connectivity index (χ4v) is 1.76. The molecule has 108 valence electrons. The molecule has 4 nitrogen and oxygen atoms in total. The molecule has 0 heterocycles. The Balaban J connectivity index is 0.00000289. The van der Waals surface area contributed by atoms with Crippen LogP contribution in [0, 0.1) is 11.3 Å². The number of nitrogens with two attached hydrogens (primary N) is 1. The zero-order valence-electron chi connectivity index (χ0n) is 11.9. The molecule has 3 N–H and O–H groups in total. The lowest BCUT2D eigenvalue weighted by molar-refractivity contribution is 0.155. The second-order valence-electron chi connectivity index (χ2n) is 5.79. The van der Waals surface area contributed by atoms with Gasteiger partial charge in [0.25, 0.3) is 0 Å². The molecule has 0 bridgehead atoms. The van der Waals surface area contributed by atoms with Gasteiger partial charge in [-0.15, -0.1) is 24.0 Å². The number of rotatable bonds is 7. The third-order valence-electron chi connectivity index (χ3n) is 3.46. The second kappa shape index (κ2) is 8.96. The molecule has 0 aromatic rings. The predicted octanol–water partition coefficient (Wildman–Crippen LogP) is 2.37. The van der Waals surface area contributed by atoms with E-state index in [9.17, 15) is 0 Å². The first-order valence-electron chi connectivity index (χ1n) is 6.56. The maximum Gasteiger partial charge on any atom is 0.188 e. The standard InChI is InChI=1S/C13H27N3O.HI/c1-13(2,7-8-17-3)10-16-12(14)15-9-11-5-4-6-11;/h11H,4-10H2,1-3H3,(H3,14,15,16);1H. The minimum atomic E-state index is 0. The van der Waals surface area contributed by atoms with E-state index in [0.29, 0.717) is 5.96 Å². The van der Waals surface area contributed by atoms with Gasteiger partial charge in [-0.1, -0.05) is 20.3 Å². The molecule has 0 saturated heterocycles. The molecule has 1 saturated carbocycles. The van der Waals surface area contributed by atoms with Gasteiger partial charge in [0.2, 0.25) is 0 Å². The Kier molecular flexibility index (Phi) is 8.94. The largest absolute Gasteiger partial charge is 0.385 e. The minimum Gasteiger partial charge on any atom is -0.385 e. The second-order valence-corrected chi connectivity index (χ2v) is 5.79. The summed E-state index contributed by atoms with van der Waals surface area (Å²) in [6.45, 7) is 6.88. The molecule has 0 radical (unpaired) electrons. The number of hydrogen-bond donors (Lipinski definition) is 2. The van der Waals surface area contributed by atoms with E-state index in [0.717, 1.165) is 32.0 Å². The van der Waals surface area contributed by atoms with Crippen LogP contribution in [0.5, 0.6) is 0 Å². The number of aliphatic imine (C=N–C) groups is 1. The molecular weight excluding hydrogens is 341 g/mol. The molecule has 1 aliphatic rings. The number of nitrogens with one attached hydrogen (secondary N) is 1. The minimum absolute atomic E-state index is 0. The summed E-state index contributed by atoms with van der Waals surface area (Å²) in [5.74, 6) is 1.40. The van der Waals surface area contributed by atoms with Gasteiger partial charge in [0.05, 0.1) is 0 Å². The van der Waals surface area contributed by atoms with Crippen LogP contribution in [0.25, 0.3) is 0 Å².